The molecule has 2 saturated heterocycles. The third-order valence-corrected chi connectivity index (χ3v) is 6.66. The van der Waals surface area contributed by atoms with Crippen LogP contribution in [-0.4, -0.2) is 83.1 Å². The molecule has 0 spiro atoms. The molecule has 0 atom stereocenters. The normalized spacial score (nSPS) is 16.5. The van der Waals surface area contributed by atoms with Gasteiger partial charge in [0.05, 0.1) is 44.0 Å². The molecule has 5 heterocycles. The van der Waals surface area contributed by atoms with E-state index in [4.69, 9.17) is 14.5 Å². The van der Waals surface area contributed by atoms with Gasteiger partial charge < -0.3 is 25.0 Å². The number of pyridine rings is 1. The Hall–Kier alpha value is -4.06. The summed E-state index contributed by atoms with van der Waals surface area (Å²) in [6.07, 6.45) is 3.61. The summed E-state index contributed by atoms with van der Waals surface area (Å²) in [7, 11) is 0. The van der Waals surface area contributed by atoms with Crippen molar-refractivity contribution in [3.8, 4) is 11.4 Å². The lowest BCUT2D eigenvalue weighted by Crippen LogP contribution is -2.37. The quantitative estimate of drug-likeness (QED) is 0.404. The topological polar surface area (TPSA) is 109 Å². The monoisotopic (exact) mass is 514 g/mol. The van der Waals surface area contributed by atoms with Crippen molar-refractivity contribution in [2.45, 2.75) is 6.54 Å². The number of nitrogens with zero attached hydrogens (tertiary/aromatic N) is 6. The lowest BCUT2D eigenvalue weighted by molar-refractivity contribution is 0.0336. The number of ether oxygens (including phenoxy) is 2. The lowest BCUT2D eigenvalue weighted by atomic mass is 10.2. The molecule has 2 aliphatic heterocycles. The number of hydrogen-bond donors (Lipinski definition) is 2. The number of carbonyl (C=O) groups excluding carboxylic acids is 1. The molecule has 11 nitrogen and oxygen atoms in total. The van der Waals surface area contributed by atoms with Crippen molar-refractivity contribution in [2.24, 2.45) is 0 Å². The molecule has 3 aromatic heterocycles. The number of rotatable bonds is 6. The molecular formula is C27H30N8O3. The number of anilines is 3. The van der Waals surface area contributed by atoms with E-state index in [9.17, 15) is 4.79 Å². The van der Waals surface area contributed by atoms with E-state index in [0.29, 0.717) is 30.4 Å². The van der Waals surface area contributed by atoms with Crippen LogP contribution < -0.4 is 15.5 Å². The number of urea groups is 1. The predicted molar refractivity (Wildman–Crippen MR) is 144 cm³/mol. The van der Waals surface area contributed by atoms with Crippen LogP contribution in [0.3, 0.4) is 0 Å². The van der Waals surface area contributed by atoms with E-state index in [1.165, 1.54) is 0 Å². The van der Waals surface area contributed by atoms with Crippen LogP contribution in [0.15, 0.2) is 60.9 Å². The van der Waals surface area contributed by atoms with Crippen molar-refractivity contribution in [3.63, 3.8) is 0 Å². The highest BCUT2D eigenvalue weighted by atomic mass is 16.5. The summed E-state index contributed by atoms with van der Waals surface area (Å²) in [5.74, 6) is 1.52. The second-order valence-corrected chi connectivity index (χ2v) is 9.28. The van der Waals surface area contributed by atoms with Crippen LogP contribution in [0, 0.1) is 0 Å². The number of benzene rings is 1. The van der Waals surface area contributed by atoms with Crippen molar-refractivity contribution in [3.05, 3.63) is 66.6 Å². The van der Waals surface area contributed by atoms with Crippen LogP contribution in [0.2, 0.25) is 0 Å². The van der Waals surface area contributed by atoms with Gasteiger partial charge in [-0.25, -0.2) is 14.3 Å². The fourth-order valence-electron chi connectivity index (χ4n) is 4.63. The first-order valence-corrected chi connectivity index (χ1v) is 12.8. The Morgan fingerprint density at radius 1 is 0.868 bits per heavy atom. The Morgan fingerprint density at radius 3 is 2.32 bits per heavy atom. The minimum atomic E-state index is -0.333. The molecule has 11 heteroatoms. The molecule has 0 aliphatic carbocycles. The highest BCUT2D eigenvalue weighted by molar-refractivity contribution is 5.99. The number of morpholine rings is 2. The van der Waals surface area contributed by atoms with E-state index < -0.39 is 0 Å². The number of fused-ring (bicyclic) bond motifs is 1. The SMILES string of the molecule is O=C(Nc1ccc(-c2nc(N3CCOCC3)c3cccn3n2)cc1)Nc1ccc(CN2CCOCC2)nc1. The third-order valence-electron chi connectivity index (χ3n) is 6.66. The van der Waals surface area contributed by atoms with Gasteiger partial charge in [-0.05, 0) is 48.5 Å². The van der Waals surface area contributed by atoms with Gasteiger partial charge in [-0.1, -0.05) is 0 Å². The molecule has 4 aromatic rings. The Morgan fingerprint density at radius 2 is 1.58 bits per heavy atom. The standard InChI is InChI=1S/C27H30N8O3/c36-27(30-22-7-8-23(28-18-22)19-33-10-14-37-15-11-33)29-21-5-3-20(4-6-21)25-31-26(34-12-16-38-17-13-34)24-2-1-9-35(24)32-25/h1-9,18H,10-17,19H2,(H2,29,30,36). The van der Waals surface area contributed by atoms with Gasteiger partial charge in [0.25, 0.3) is 0 Å². The van der Waals surface area contributed by atoms with Crippen LogP contribution >= 0.6 is 0 Å². The Labute approximate surface area is 220 Å². The average Bonchev–Trinajstić information content (AvgIpc) is 3.44. The summed E-state index contributed by atoms with van der Waals surface area (Å²) in [5.41, 5.74) is 4.09. The molecule has 2 aliphatic rings. The van der Waals surface area contributed by atoms with E-state index >= 15 is 0 Å². The molecule has 196 valence electrons. The zero-order chi connectivity index (χ0) is 25.7. The molecule has 0 unspecified atom stereocenters. The largest absolute Gasteiger partial charge is 0.379 e. The number of nitrogens with one attached hydrogen (secondary N) is 2. The van der Waals surface area contributed by atoms with Crippen molar-refractivity contribution >= 4 is 28.7 Å². The fraction of sp³-hybridized carbons (Fsp3) is 0.333. The summed E-state index contributed by atoms with van der Waals surface area (Å²) in [6, 6.07) is 15.0. The van der Waals surface area contributed by atoms with Crippen molar-refractivity contribution < 1.29 is 14.3 Å². The zero-order valence-electron chi connectivity index (χ0n) is 21.0. The second-order valence-electron chi connectivity index (χ2n) is 9.28. The third kappa shape index (κ3) is 5.59. The summed E-state index contributed by atoms with van der Waals surface area (Å²) < 4.78 is 12.7. The van der Waals surface area contributed by atoms with E-state index in [-0.39, 0.29) is 6.03 Å². The minimum absolute atomic E-state index is 0.333. The lowest BCUT2D eigenvalue weighted by Gasteiger charge is -2.28. The predicted octanol–water partition coefficient (Wildman–Crippen LogP) is 3.10. The molecule has 6 rings (SSSR count). The molecule has 0 saturated carbocycles. The van der Waals surface area contributed by atoms with E-state index in [0.717, 1.165) is 68.5 Å². The number of amides is 2. The molecule has 38 heavy (non-hydrogen) atoms. The van der Waals surface area contributed by atoms with E-state index in [2.05, 4.69) is 30.5 Å². The van der Waals surface area contributed by atoms with Crippen molar-refractivity contribution in [1.82, 2.24) is 24.5 Å². The first kappa shape index (κ1) is 24.3. The summed E-state index contributed by atoms with van der Waals surface area (Å²) in [5, 5.41) is 10.4. The van der Waals surface area contributed by atoms with Gasteiger partial charge in [-0.15, -0.1) is 5.10 Å². The second kappa shape index (κ2) is 11.1. The minimum Gasteiger partial charge on any atom is -0.379 e. The zero-order valence-corrected chi connectivity index (χ0v) is 21.0. The molecule has 1 aromatic carbocycles. The maximum absolute atomic E-state index is 12.6. The van der Waals surface area contributed by atoms with Gasteiger partial charge in [0.15, 0.2) is 11.6 Å². The number of carbonyl (C=O) groups is 1. The van der Waals surface area contributed by atoms with Gasteiger partial charge in [0.1, 0.15) is 5.52 Å². The van der Waals surface area contributed by atoms with Crippen LogP contribution in [-0.2, 0) is 16.0 Å². The number of aromatic nitrogens is 4. The Balaban J connectivity index is 1.09. The maximum atomic E-state index is 12.6. The fourth-order valence-corrected chi connectivity index (χ4v) is 4.63. The highest BCUT2D eigenvalue weighted by Crippen LogP contribution is 2.25. The van der Waals surface area contributed by atoms with Crippen LogP contribution in [0.4, 0.5) is 22.0 Å². The van der Waals surface area contributed by atoms with Crippen molar-refractivity contribution in [2.75, 3.05) is 68.1 Å². The molecule has 2 amide bonds. The summed E-state index contributed by atoms with van der Waals surface area (Å²) >= 11 is 0. The van der Waals surface area contributed by atoms with Crippen LogP contribution in [0.5, 0.6) is 0 Å². The average molecular weight is 515 g/mol. The Kier molecular flexibility index (Phi) is 7.12. The summed E-state index contributed by atoms with van der Waals surface area (Å²) in [6.45, 7) is 7.06. The molecule has 2 N–H and O–H groups in total. The van der Waals surface area contributed by atoms with E-state index in [1.807, 2.05) is 59.2 Å². The van der Waals surface area contributed by atoms with Gasteiger partial charge in [0, 0.05) is 50.2 Å². The van der Waals surface area contributed by atoms with Gasteiger partial charge in [-0.2, -0.15) is 0 Å². The molecule has 2 fully saturated rings. The van der Waals surface area contributed by atoms with Crippen LogP contribution in [0.1, 0.15) is 5.69 Å². The van der Waals surface area contributed by atoms with Gasteiger partial charge in [0.2, 0.25) is 0 Å². The maximum Gasteiger partial charge on any atom is 0.323 e. The molecule has 0 bridgehead atoms. The van der Waals surface area contributed by atoms with Gasteiger partial charge >= 0.3 is 6.03 Å². The Bertz CT molecular complexity index is 1380. The van der Waals surface area contributed by atoms with Crippen LogP contribution in [0.25, 0.3) is 16.9 Å². The first-order chi connectivity index (χ1) is 18.7. The highest BCUT2D eigenvalue weighted by Gasteiger charge is 2.18. The molecular weight excluding hydrogens is 484 g/mol. The number of hydrogen-bond acceptors (Lipinski definition) is 8. The summed E-state index contributed by atoms with van der Waals surface area (Å²) in [4.78, 5) is 26.5. The van der Waals surface area contributed by atoms with Crippen molar-refractivity contribution in [1.29, 1.82) is 0 Å². The van der Waals surface area contributed by atoms with Gasteiger partial charge in [-0.3, -0.25) is 9.88 Å². The molecule has 0 radical (unpaired) electrons. The van der Waals surface area contributed by atoms with E-state index in [1.54, 1.807) is 6.20 Å². The first-order valence-electron chi connectivity index (χ1n) is 12.8. The smallest absolute Gasteiger partial charge is 0.323 e.